The first kappa shape index (κ1) is 19.3. The number of anilines is 2. The van der Waals surface area contributed by atoms with Crippen molar-refractivity contribution in [3.05, 3.63) is 60.7 Å². The van der Waals surface area contributed by atoms with E-state index < -0.39 is 0 Å². The highest BCUT2D eigenvalue weighted by atomic mass is 19.1. The predicted octanol–water partition coefficient (Wildman–Crippen LogP) is 3.31. The van der Waals surface area contributed by atoms with Gasteiger partial charge in [-0.1, -0.05) is 6.07 Å². The molecule has 1 saturated heterocycles. The number of aromatic nitrogens is 2. The first-order chi connectivity index (χ1) is 14.1. The summed E-state index contributed by atoms with van der Waals surface area (Å²) in [6.45, 7) is 4.70. The average Bonchev–Trinajstić information content (AvgIpc) is 3.00. The molecule has 0 spiro atoms. The van der Waals surface area contributed by atoms with Crippen molar-refractivity contribution < 1.29 is 9.18 Å². The molecule has 29 heavy (non-hydrogen) atoms. The van der Waals surface area contributed by atoms with Crippen molar-refractivity contribution >= 4 is 28.3 Å². The summed E-state index contributed by atoms with van der Waals surface area (Å²) in [4.78, 5) is 25.5. The molecule has 1 aliphatic rings. The summed E-state index contributed by atoms with van der Waals surface area (Å²) in [5.74, 6) is 0.0184. The zero-order valence-corrected chi connectivity index (χ0v) is 16.4. The van der Waals surface area contributed by atoms with Gasteiger partial charge in [0.05, 0.1) is 17.2 Å². The lowest BCUT2D eigenvalue weighted by molar-refractivity contribution is -0.120. The number of rotatable bonds is 4. The van der Waals surface area contributed by atoms with Crippen LogP contribution in [0, 0.1) is 5.82 Å². The summed E-state index contributed by atoms with van der Waals surface area (Å²) in [5, 5.41) is 3.97. The molecule has 4 rings (SSSR count). The van der Waals surface area contributed by atoms with Gasteiger partial charge in [0.2, 0.25) is 5.91 Å². The van der Waals surface area contributed by atoms with Gasteiger partial charge in [-0.3, -0.25) is 14.7 Å². The van der Waals surface area contributed by atoms with Gasteiger partial charge in [-0.05, 0) is 49.7 Å². The standard InChI is InChI=1S/C22H24FN5O/c1-16(22(29)26-20-9-2-8-19-17(20)6-3-10-24-19)27-12-5-13-28(15-14-27)21-18(23)7-4-11-25-21/h2-4,6-11,16H,5,12-15H2,1H3,(H,26,29)/t16-/m0/s1. The van der Waals surface area contributed by atoms with Crippen LogP contribution in [-0.2, 0) is 4.79 Å². The Bertz CT molecular complexity index is 1010. The van der Waals surface area contributed by atoms with Gasteiger partial charge in [-0.25, -0.2) is 9.37 Å². The van der Waals surface area contributed by atoms with Crippen LogP contribution < -0.4 is 10.2 Å². The van der Waals surface area contributed by atoms with E-state index in [4.69, 9.17) is 0 Å². The van der Waals surface area contributed by atoms with E-state index in [9.17, 15) is 9.18 Å². The van der Waals surface area contributed by atoms with Crippen molar-refractivity contribution in [2.45, 2.75) is 19.4 Å². The van der Waals surface area contributed by atoms with Crippen molar-refractivity contribution in [1.29, 1.82) is 0 Å². The molecule has 0 saturated carbocycles. The van der Waals surface area contributed by atoms with Gasteiger partial charge in [-0.15, -0.1) is 0 Å². The van der Waals surface area contributed by atoms with E-state index in [-0.39, 0.29) is 17.8 Å². The maximum absolute atomic E-state index is 14.1. The third kappa shape index (κ3) is 4.19. The molecule has 2 aromatic heterocycles. The fraction of sp³-hybridized carbons (Fsp3) is 0.318. The van der Waals surface area contributed by atoms with E-state index in [1.165, 1.54) is 6.07 Å². The van der Waals surface area contributed by atoms with E-state index in [0.29, 0.717) is 25.5 Å². The second kappa shape index (κ2) is 8.53. The summed E-state index contributed by atoms with van der Waals surface area (Å²) in [6, 6.07) is 12.3. The minimum absolute atomic E-state index is 0.0566. The summed E-state index contributed by atoms with van der Waals surface area (Å²) in [7, 11) is 0. The number of nitrogens with zero attached hydrogens (tertiary/aromatic N) is 4. The average molecular weight is 393 g/mol. The maximum Gasteiger partial charge on any atom is 0.241 e. The Morgan fingerprint density at radius 2 is 1.86 bits per heavy atom. The molecule has 0 bridgehead atoms. The number of amides is 1. The number of pyridine rings is 2. The van der Waals surface area contributed by atoms with Gasteiger partial charge < -0.3 is 10.2 Å². The second-order valence-corrected chi connectivity index (χ2v) is 7.23. The normalized spacial score (nSPS) is 16.4. The smallest absolute Gasteiger partial charge is 0.241 e. The molecule has 1 aliphatic heterocycles. The van der Waals surface area contributed by atoms with Crippen molar-refractivity contribution in [2.24, 2.45) is 0 Å². The molecule has 0 aliphatic carbocycles. The molecule has 0 unspecified atom stereocenters. The number of nitrogens with one attached hydrogen (secondary N) is 1. The van der Waals surface area contributed by atoms with Crippen molar-refractivity contribution in [3.8, 4) is 0 Å². The number of benzene rings is 1. The Hall–Kier alpha value is -3.06. The molecule has 1 amide bonds. The summed E-state index contributed by atoms with van der Waals surface area (Å²) >= 11 is 0. The molecule has 0 radical (unpaired) electrons. The highest BCUT2D eigenvalue weighted by molar-refractivity contribution is 6.02. The molecule has 3 aromatic rings. The molecular formula is C22H24FN5O. The van der Waals surface area contributed by atoms with Crippen LogP contribution >= 0.6 is 0 Å². The molecule has 1 aromatic carbocycles. The van der Waals surface area contributed by atoms with Gasteiger partial charge in [0.1, 0.15) is 0 Å². The molecule has 7 heteroatoms. The van der Waals surface area contributed by atoms with E-state index in [1.54, 1.807) is 18.5 Å². The zero-order chi connectivity index (χ0) is 20.2. The highest BCUT2D eigenvalue weighted by Gasteiger charge is 2.25. The summed E-state index contributed by atoms with van der Waals surface area (Å²) < 4.78 is 14.1. The molecule has 150 valence electrons. The van der Waals surface area contributed by atoms with Gasteiger partial charge in [-0.2, -0.15) is 0 Å². The molecule has 6 nitrogen and oxygen atoms in total. The number of hydrogen-bond donors (Lipinski definition) is 1. The van der Waals surface area contributed by atoms with E-state index >= 15 is 0 Å². The Morgan fingerprint density at radius 1 is 1.03 bits per heavy atom. The quantitative estimate of drug-likeness (QED) is 0.737. The maximum atomic E-state index is 14.1. The SMILES string of the molecule is C[C@@H](C(=O)Nc1cccc2ncccc12)N1CCCN(c2ncccc2F)CC1. The molecule has 3 heterocycles. The summed E-state index contributed by atoms with van der Waals surface area (Å²) in [6.07, 6.45) is 4.19. The molecular weight excluding hydrogens is 369 g/mol. The Kier molecular flexibility index (Phi) is 5.67. The molecule has 1 N–H and O–H groups in total. The van der Waals surface area contributed by atoms with Gasteiger partial charge in [0, 0.05) is 44.0 Å². The first-order valence-electron chi connectivity index (χ1n) is 9.87. The lowest BCUT2D eigenvalue weighted by Gasteiger charge is -2.27. The third-order valence-corrected chi connectivity index (χ3v) is 5.40. The zero-order valence-electron chi connectivity index (χ0n) is 16.4. The number of carbonyl (C=O) groups is 1. The fourth-order valence-corrected chi connectivity index (χ4v) is 3.76. The van der Waals surface area contributed by atoms with E-state index in [2.05, 4.69) is 20.2 Å². The van der Waals surface area contributed by atoms with Gasteiger partial charge in [0.25, 0.3) is 0 Å². The van der Waals surface area contributed by atoms with Crippen LogP contribution in [0.5, 0.6) is 0 Å². The topological polar surface area (TPSA) is 61.4 Å². The number of fused-ring (bicyclic) bond motifs is 1. The fourth-order valence-electron chi connectivity index (χ4n) is 3.76. The number of halogens is 1. The van der Waals surface area contributed by atoms with Crippen molar-refractivity contribution in [2.75, 3.05) is 36.4 Å². The lowest BCUT2D eigenvalue weighted by atomic mass is 10.1. The number of carbonyl (C=O) groups excluding carboxylic acids is 1. The monoisotopic (exact) mass is 393 g/mol. The van der Waals surface area contributed by atoms with Crippen LogP contribution in [0.3, 0.4) is 0 Å². The number of hydrogen-bond acceptors (Lipinski definition) is 5. The van der Waals surface area contributed by atoms with Crippen molar-refractivity contribution in [3.63, 3.8) is 0 Å². The first-order valence-corrected chi connectivity index (χ1v) is 9.87. The van der Waals surface area contributed by atoms with Crippen LogP contribution in [0.2, 0.25) is 0 Å². The van der Waals surface area contributed by atoms with Crippen molar-refractivity contribution in [1.82, 2.24) is 14.9 Å². The minimum Gasteiger partial charge on any atom is -0.353 e. The van der Waals surface area contributed by atoms with Crippen LogP contribution in [0.4, 0.5) is 15.9 Å². The molecule has 1 atom stereocenters. The third-order valence-electron chi connectivity index (χ3n) is 5.40. The van der Waals surface area contributed by atoms with Crippen LogP contribution in [-0.4, -0.2) is 53.0 Å². The Balaban J connectivity index is 1.43. The van der Waals surface area contributed by atoms with Crippen LogP contribution in [0.1, 0.15) is 13.3 Å². The second-order valence-electron chi connectivity index (χ2n) is 7.23. The lowest BCUT2D eigenvalue weighted by Crippen LogP contribution is -2.44. The summed E-state index contributed by atoms with van der Waals surface area (Å²) in [5.41, 5.74) is 1.61. The predicted molar refractivity (Wildman–Crippen MR) is 112 cm³/mol. The van der Waals surface area contributed by atoms with E-state index in [1.807, 2.05) is 42.2 Å². The van der Waals surface area contributed by atoms with E-state index in [0.717, 1.165) is 29.6 Å². The van der Waals surface area contributed by atoms with Gasteiger partial charge >= 0.3 is 0 Å². The van der Waals surface area contributed by atoms with Crippen LogP contribution in [0.25, 0.3) is 10.9 Å². The Morgan fingerprint density at radius 3 is 2.72 bits per heavy atom. The molecule has 1 fully saturated rings. The van der Waals surface area contributed by atoms with Crippen LogP contribution in [0.15, 0.2) is 54.9 Å². The largest absolute Gasteiger partial charge is 0.353 e. The highest BCUT2D eigenvalue weighted by Crippen LogP contribution is 2.22. The minimum atomic E-state index is -0.309. The van der Waals surface area contributed by atoms with Gasteiger partial charge in [0.15, 0.2) is 11.6 Å². The Labute approximate surface area is 169 Å².